The number of carbonyl (C=O) groups is 2. The Morgan fingerprint density at radius 3 is 2.55 bits per heavy atom. The van der Waals surface area contributed by atoms with Gasteiger partial charge in [-0.05, 0) is 42.7 Å². The Morgan fingerprint density at radius 1 is 1.27 bits per heavy atom. The van der Waals surface area contributed by atoms with Crippen LogP contribution in [0.5, 0.6) is 0 Å². The van der Waals surface area contributed by atoms with E-state index in [-0.39, 0.29) is 11.8 Å². The van der Waals surface area contributed by atoms with E-state index in [1.54, 1.807) is 4.90 Å². The Hall–Kier alpha value is -1.84. The van der Waals surface area contributed by atoms with Crippen molar-refractivity contribution in [2.75, 3.05) is 6.54 Å². The minimum Gasteiger partial charge on any atom is -0.480 e. The smallest absolute Gasteiger partial charge is 0.326 e. The predicted octanol–water partition coefficient (Wildman–Crippen LogP) is 3.21. The van der Waals surface area contributed by atoms with E-state index in [1.807, 2.05) is 6.92 Å². The van der Waals surface area contributed by atoms with Gasteiger partial charge in [0, 0.05) is 13.0 Å². The summed E-state index contributed by atoms with van der Waals surface area (Å²) in [6, 6.07) is 7.69. The van der Waals surface area contributed by atoms with E-state index >= 15 is 0 Å². The van der Waals surface area contributed by atoms with Gasteiger partial charge in [0.25, 0.3) is 0 Å². The van der Waals surface area contributed by atoms with Crippen molar-refractivity contribution in [3.05, 3.63) is 35.4 Å². The molecule has 2 rings (SSSR count). The van der Waals surface area contributed by atoms with Gasteiger partial charge in [0.2, 0.25) is 5.91 Å². The molecule has 4 nitrogen and oxygen atoms in total. The van der Waals surface area contributed by atoms with Crippen LogP contribution < -0.4 is 0 Å². The number of carboxylic acids is 1. The number of carbonyl (C=O) groups excluding carboxylic acids is 1. The number of hydrogen-bond acceptors (Lipinski definition) is 2. The first-order chi connectivity index (χ1) is 10.5. The molecule has 1 N–H and O–H groups in total. The van der Waals surface area contributed by atoms with Gasteiger partial charge in [0.05, 0.1) is 0 Å². The number of aliphatic carboxylic acids is 1. The van der Waals surface area contributed by atoms with Crippen molar-refractivity contribution in [3.63, 3.8) is 0 Å². The van der Waals surface area contributed by atoms with Crippen molar-refractivity contribution in [2.24, 2.45) is 0 Å². The molecular weight excluding hydrogens is 278 g/mol. The zero-order chi connectivity index (χ0) is 16.1. The average Bonchev–Trinajstić information content (AvgIpc) is 2.54. The number of rotatable bonds is 5. The molecule has 1 saturated heterocycles. The third kappa shape index (κ3) is 3.87. The third-order valence-electron chi connectivity index (χ3n) is 4.55. The monoisotopic (exact) mass is 303 g/mol. The van der Waals surface area contributed by atoms with Crippen LogP contribution >= 0.6 is 0 Å². The molecule has 1 unspecified atom stereocenters. The maximum atomic E-state index is 12.5. The van der Waals surface area contributed by atoms with Crippen molar-refractivity contribution in [3.8, 4) is 0 Å². The van der Waals surface area contributed by atoms with Gasteiger partial charge in [-0.3, -0.25) is 4.79 Å². The van der Waals surface area contributed by atoms with Crippen LogP contribution in [0.15, 0.2) is 24.3 Å². The normalized spacial score (nSPS) is 19.7. The maximum absolute atomic E-state index is 12.5. The number of amides is 1. The lowest BCUT2D eigenvalue weighted by molar-refractivity contribution is -0.152. The highest BCUT2D eigenvalue weighted by Crippen LogP contribution is 2.24. The standard InChI is InChI=1S/C18H25NO3/c1-3-14-7-9-15(10-8-14)13(2)12-17(20)19-11-5-4-6-16(19)18(21)22/h7-10,13,16H,3-6,11-12H2,1-2H3,(H,21,22)/t13?,16-/m1/s1. The largest absolute Gasteiger partial charge is 0.480 e. The summed E-state index contributed by atoms with van der Waals surface area (Å²) in [6.45, 7) is 4.71. The van der Waals surface area contributed by atoms with E-state index in [1.165, 1.54) is 5.56 Å². The Bertz CT molecular complexity index is 524. The van der Waals surface area contributed by atoms with E-state index in [0.29, 0.717) is 19.4 Å². The lowest BCUT2D eigenvalue weighted by atomic mass is 9.94. The Labute approximate surface area is 132 Å². The number of likely N-dealkylation sites (tertiary alicyclic amines) is 1. The molecule has 1 aliphatic heterocycles. The summed E-state index contributed by atoms with van der Waals surface area (Å²) in [5.41, 5.74) is 2.42. The quantitative estimate of drug-likeness (QED) is 0.908. The van der Waals surface area contributed by atoms with Gasteiger partial charge >= 0.3 is 5.97 Å². The summed E-state index contributed by atoms with van der Waals surface area (Å²) in [5, 5.41) is 9.27. The number of aryl methyl sites for hydroxylation is 1. The number of benzene rings is 1. The van der Waals surface area contributed by atoms with E-state index in [9.17, 15) is 14.7 Å². The first-order valence-corrected chi connectivity index (χ1v) is 8.14. The van der Waals surface area contributed by atoms with Crippen molar-refractivity contribution in [1.29, 1.82) is 0 Å². The zero-order valence-electron chi connectivity index (χ0n) is 13.4. The molecule has 1 amide bonds. The fourth-order valence-electron chi connectivity index (χ4n) is 3.07. The lowest BCUT2D eigenvalue weighted by Gasteiger charge is -2.33. The van der Waals surface area contributed by atoms with Crippen LogP contribution in [0.25, 0.3) is 0 Å². The van der Waals surface area contributed by atoms with Gasteiger partial charge in [-0.1, -0.05) is 38.1 Å². The molecule has 1 aromatic carbocycles. The molecule has 0 saturated carbocycles. The molecule has 1 aromatic rings. The maximum Gasteiger partial charge on any atom is 0.326 e. The highest BCUT2D eigenvalue weighted by Gasteiger charge is 2.32. The van der Waals surface area contributed by atoms with Crippen LogP contribution in [0, 0.1) is 0 Å². The molecule has 120 valence electrons. The minimum absolute atomic E-state index is 0.0424. The second-order valence-corrected chi connectivity index (χ2v) is 6.14. The molecule has 0 aliphatic carbocycles. The molecule has 0 bridgehead atoms. The summed E-state index contributed by atoms with van der Waals surface area (Å²) in [4.78, 5) is 25.3. The van der Waals surface area contributed by atoms with E-state index in [0.717, 1.165) is 24.8 Å². The van der Waals surface area contributed by atoms with E-state index in [4.69, 9.17) is 0 Å². The lowest BCUT2D eigenvalue weighted by Crippen LogP contribution is -2.48. The number of hydrogen-bond donors (Lipinski definition) is 1. The summed E-state index contributed by atoms with van der Waals surface area (Å²) in [7, 11) is 0. The predicted molar refractivity (Wildman–Crippen MR) is 85.8 cm³/mol. The average molecular weight is 303 g/mol. The van der Waals surface area contributed by atoms with Gasteiger partial charge < -0.3 is 10.0 Å². The van der Waals surface area contributed by atoms with Crippen LogP contribution in [0.4, 0.5) is 0 Å². The SMILES string of the molecule is CCc1ccc(C(C)CC(=O)N2CCCC[C@@H]2C(=O)O)cc1. The number of piperidine rings is 1. The fourth-order valence-corrected chi connectivity index (χ4v) is 3.07. The summed E-state index contributed by atoms with van der Waals surface area (Å²) < 4.78 is 0. The van der Waals surface area contributed by atoms with Crippen molar-refractivity contribution >= 4 is 11.9 Å². The summed E-state index contributed by atoms with van der Waals surface area (Å²) in [5.74, 6) is -0.818. The molecule has 1 heterocycles. The van der Waals surface area contributed by atoms with Crippen LogP contribution in [-0.4, -0.2) is 34.5 Å². The molecule has 1 fully saturated rings. The second kappa shape index (κ2) is 7.43. The molecule has 2 atom stereocenters. The van der Waals surface area contributed by atoms with Gasteiger partial charge in [0.1, 0.15) is 6.04 Å². The summed E-state index contributed by atoms with van der Waals surface area (Å²) in [6.07, 6.45) is 3.72. The highest BCUT2D eigenvalue weighted by molar-refractivity contribution is 5.84. The first-order valence-electron chi connectivity index (χ1n) is 8.14. The van der Waals surface area contributed by atoms with Gasteiger partial charge in [0.15, 0.2) is 0 Å². The Kier molecular flexibility index (Phi) is 5.58. The van der Waals surface area contributed by atoms with E-state index in [2.05, 4.69) is 31.2 Å². The van der Waals surface area contributed by atoms with Gasteiger partial charge in [-0.15, -0.1) is 0 Å². The molecule has 0 spiro atoms. The first kappa shape index (κ1) is 16.5. The Balaban J connectivity index is 2.01. The van der Waals surface area contributed by atoms with Crippen molar-refractivity contribution in [1.82, 2.24) is 4.90 Å². The molecular formula is C18H25NO3. The Morgan fingerprint density at radius 2 is 1.95 bits per heavy atom. The molecule has 0 radical (unpaired) electrons. The van der Waals surface area contributed by atoms with Crippen LogP contribution in [0.3, 0.4) is 0 Å². The summed E-state index contributed by atoms with van der Waals surface area (Å²) >= 11 is 0. The molecule has 1 aliphatic rings. The van der Waals surface area contributed by atoms with Crippen LogP contribution in [0.2, 0.25) is 0 Å². The fraction of sp³-hybridized carbons (Fsp3) is 0.556. The number of nitrogens with zero attached hydrogens (tertiary/aromatic N) is 1. The third-order valence-corrected chi connectivity index (χ3v) is 4.55. The van der Waals surface area contributed by atoms with E-state index < -0.39 is 12.0 Å². The van der Waals surface area contributed by atoms with Gasteiger partial charge in [-0.25, -0.2) is 4.79 Å². The molecule has 22 heavy (non-hydrogen) atoms. The second-order valence-electron chi connectivity index (χ2n) is 6.14. The van der Waals surface area contributed by atoms with Crippen molar-refractivity contribution < 1.29 is 14.7 Å². The van der Waals surface area contributed by atoms with Crippen molar-refractivity contribution in [2.45, 2.75) is 57.9 Å². The minimum atomic E-state index is -0.881. The van der Waals surface area contributed by atoms with Crippen LogP contribution in [-0.2, 0) is 16.0 Å². The van der Waals surface area contributed by atoms with Gasteiger partial charge in [-0.2, -0.15) is 0 Å². The highest BCUT2D eigenvalue weighted by atomic mass is 16.4. The zero-order valence-corrected chi connectivity index (χ0v) is 13.4. The number of carboxylic acid groups (broad SMARTS) is 1. The molecule has 4 heteroatoms. The molecule has 0 aromatic heterocycles. The van der Waals surface area contributed by atoms with Crippen LogP contribution in [0.1, 0.15) is 56.6 Å². The topological polar surface area (TPSA) is 57.6 Å².